The molecule has 1 unspecified atom stereocenters. The number of amides is 1. The normalized spacial score (nSPS) is 21.8. The van der Waals surface area contributed by atoms with Gasteiger partial charge >= 0.3 is 0 Å². The minimum absolute atomic E-state index is 0.0827. The topological polar surface area (TPSA) is 46.3 Å². The summed E-state index contributed by atoms with van der Waals surface area (Å²) in [7, 11) is 0. The second-order valence-corrected chi connectivity index (χ2v) is 5.13. The highest BCUT2D eigenvalue weighted by Crippen LogP contribution is 2.27. The summed E-state index contributed by atoms with van der Waals surface area (Å²) in [5.74, 6) is 0.0827. The van der Waals surface area contributed by atoms with Crippen LogP contribution in [0.5, 0.6) is 0 Å². The number of nitrogens with two attached hydrogens (primary N) is 1. The van der Waals surface area contributed by atoms with Crippen molar-refractivity contribution < 1.29 is 4.79 Å². The molecule has 0 aliphatic carbocycles. The third-order valence-electron chi connectivity index (χ3n) is 3.26. The van der Waals surface area contributed by atoms with E-state index in [4.69, 9.17) is 18.0 Å². The van der Waals surface area contributed by atoms with Crippen LogP contribution in [0.1, 0.15) is 40.0 Å². The van der Waals surface area contributed by atoms with E-state index in [-0.39, 0.29) is 10.9 Å². The van der Waals surface area contributed by atoms with Crippen LogP contribution >= 0.6 is 12.2 Å². The lowest BCUT2D eigenvalue weighted by Crippen LogP contribution is -2.48. The summed E-state index contributed by atoms with van der Waals surface area (Å²) < 4.78 is 0. The van der Waals surface area contributed by atoms with E-state index in [0.29, 0.717) is 6.04 Å². The van der Waals surface area contributed by atoms with E-state index in [0.717, 1.165) is 25.8 Å². The molecule has 1 aliphatic heterocycles. The molecule has 0 aromatic rings. The highest BCUT2D eigenvalue weighted by molar-refractivity contribution is 7.80. The lowest BCUT2D eigenvalue weighted by molar-refractivity contribution is -0.137. The Labute approximate surface area is 97.0 Å². The Morgan fingerprint density at radius 2 is 2.20 bits per heavy atom. The average Bonchev–Trinajstić information content (AvgIpc) is 2.63. The highest BCUT2D eigenvalue weighted by atomic mass is 32.1. The van der Waals surface area contributed by atoms with Crippen molar-refractivity contribution in [2.75, 3.05) is 6.54 Å². The lowest BCUT2D eigenvalue weighted by Gasteiger charge is -2.32. The quantitative estimate of drug-likeness (QED) is 0.748. The van der Waals surface area contributed by atoms with Gasteiger partial charge in [0.2, 0.25) is 5.91 Å². The van der Waals surface area contributed by atoms with Crippen LogP contribution in [0.25, 0.3) is 0 Å². The molecule has 3 nitrogen and oxygen atoms in total. The smallest absolute Gasteiger partial charge is 0.235 e. The number of carbonyl (C=O) groups excluding carboxylic acids is 1. The van der Waals surface area contributed by atoms with Crippen molar-refractivity contribution in [3.63, 3.8) is 0 Å². The summed E-state index contributed by atoms with van der Waals surface area (Å²) >= 11 is 4.95. The van der Waals surface area contributed by atoms with Crippen molar-refractivity contribution in [2.24, 2.45) is 11.1 Å². The highest BCUT2D eigenvalue weighted by Gasteiger charge is 2.38. The van der Waals surface area contributed by atoms with Gasteiger partial charge in [-0.15, -0.1) is 0 Å². The van der Waals surface area contributed by atoms with Crippen LogP contribution in [0.2, 0.25) is 0 Å². The molecule has 1 amide bonds. The third kappa shape index (κ3) is 2.30. The van der Waals surface area contributed by atoms with Crippen molar-refractivity contribution >= 4 is 23.1 Å². The molecule has 2 N–H and O–H groups in total. The van der Waals surface area contributed by atoms with E-state index < -0.39 is 5.41 Å². The largest absolute Gasteiger partial charge is 0.392 e. The molecule has 1 rings (SSSR count). The Morgan fingerprint density at radius 3 is 2.67 bits per heavy atom. The van der Waals surface area contributed by atoms with Crippen molar-refractivity contribution in [3.05, 3.63) is 0 Å². The molecule has 1 fully saturated rings. The van der Waals surface area contributed by atoms with Gasteiger partial charge in [0.15, 0.2) is 0 Å². The number of hydrogen-bond acceptors (Lipinski definition) is 2. The van der Waals surface area contributed by atoms with Gasteiger partial charge in [0.05, 0.1) is 10.4 Å². The molecule has 15 heavy (non-hydrogen) atoms. The molecule has 1 saturated heterocycles. The standard InChI is InChI=1S/C11H20N2OS/c1-4-8-6-5-7-13(8)10(14)11(2,3)9(12)15/h8H,4-7H2,1-3H3,(H2,12,15). The Kier molecular flexibility index (Phi) is 3.71. The van der Waals surface area contributed by atoms with Gasteiger partial charge in [-0.1, -0.05) is 19.1 Å². The van der Waals surface area contributed by atoms with Crippen molar-refractivity contribution in [3.8, 4) is 0 Å². The average molecular weight is 228 g/mol. The molecule has 0 bridgehead atoms. The number of nitrogens with zero attached hydrogens (tertiary/aromatic N) is 1. The molecule has 0 radical (unpaired) electrons. The predicted octanol–water partition coefficient (Wildman–Crippen LogP) is 1.70. The number of likely N-dealkylation sites (tertiary alicyclic amines) is 1. The van der Waals surface area contributed by atoms with Gasteiger partial charge in [0.1, 0.15) is 0 Å². The maximum atomic E-state index is 12.2. The van der Waals surface area contributed by atoms with E-state index >= 15 is 0 Å². The molecule has 1 atom stereocenters. The van der Waals surface area contributed by atoms with Crippen molar-refractivity contribution in [2.45, 2.75) is 46.1 Å². The molecule has 0 spiro atoms. The Bertz CT molecular complexity index is 276. The third-order valence-corrected chi connectivity index (χ3v) is 3.77. The van der Waals surface area contributed by atoms with Crippen LogP contribution in [0, 0.1) is 5.41 Å². The van der Waals surface area contributed by atoms with E-state index in [1.54, 1.807) is 0 Å². The van der Waals surface area contributed by atoms with Crippen LogP contribution in [-0.2, 0) is 4.79 Å². The molecular weight excluding hydrogens is 208 g/mol. The van der Waals surface area contributed by atoms with Crippen LogP contribution in [0.15, 0.2) is 0 Å². The molecule has 1 aliphatic rings. The maximum Gasteiger partial charge on any atom is 0.235 e. The zero-order chi connectivity index (χ0) is 11.6. The maximum absolute atomic E-state index is 12.2. The zero-order valence-corrected chi connectivity index (χ0v) is 10.6. The summed E-state index contributed by atoms with van der Waals surface area (Å²) in [5, 5.41) is 0. The Hall–Kier alpha value is -0.640. The first-order valence-corrected chi connectivity index (χ1v) is 5.93. The number of carbonyl (C=O) groups is 1. The van der Waals surface area contributed by atoms with Crippen LogP contribution in [0.3, 0.4) is 0 Å². The molecule has 4 heteroatoms. The first-order valence-electron chi connectivity index (χ1n) is 5.52. The first-order chi connectivity index (χ1) is 6.91. The first kappa shape index (κ1) is 12.4. The lowest BCUT2D eigenvalue weighted by atomic mass is 9.91. The van der Waals surface area contributed by atoms with Gasteiger partial charge in [-0.05, 0) is 33.1 Å². The minimum Gasteiger partial charge on any atom is -0.392 e. The number of thiocarbonyl (C=S) groups is 1. The van der Waals surface area contributed by atoms with E-state index in [9.17, 15) is 4.79 Å². The number of hydrogen-bond donors (Lipinski definition) is 1. The van der Waals surface area contributed by atoms with E-state index in [1.165, 1.54) is 0 Å². The SMILES string of the molecule is CCC1CCCN1C(=O)C(C)(C)C(N)=S. The summed E-state index contributed by atoms with van der Waals surface area (Å²) in [4.78, 5) is 14.5. The fourth-order valence-corrected chi connectivity index (χ4v) is 2.08. The van der Waals surface area contributed by atoms with Crippen LogP contribution in [-0.4, -0.2) is 28.4 Å². The van der Waals surface area contributed by atoms with Gasteiger partial charge in [0.25, 0.3) is 0 Å². The zero-order valence-electron chi connectivity index (χ0n) is 9.75. The fourth-order valence-electron chi connectivity index (χ4n) is 1.99. The Balaban J connectivity index is 2.80. The van der Waals surface area contributed by atoms with Crippen LogP contribution in [0.4, 0.5) is 0 Å². The molecule has 1 heterocycles. The summed E-state index contributed by atoms with van der Waals surface area (Å²) in [6.45, 7) is 6.58. The summed E-state index contributed by atoms with van der Waals surface area (Å²) in [6.07, 6.45) is 3.21. The predicted molar refractivity (Wildman–Crippen MR) is 65.6 cm³/mol. The molecule has 0 aromatic heterocycles. The number of rotatable bonds is 3. The molecule has 0 aromatic carbocycles. The molecular formula is C11H20N2OS. The van der Waals surface area contributed by atoms with Gasteiger partial charge in [-0.3, -0.25) is 4.79 Å². The van der Waals surface area contributed by atoms with Gasteiger partial charge in [-0.2, -0.15) is 0 Å². The van der Waals surface area contributed by atoms with Crippen molar-refractivity contribution in [1.82, 2.24) is 4.90 Å². The monoisotopic (exact) mass is 228 g/mol. The Morgan fingerprint density at radius 1 is 1.60 bits per heavy atom. The summed E-state index contributed by atoms with van der Waals surface area (Å²) in [5.41, 5.74) is 4.91. The second kappa shape index (κ2) is 4.47. The van der Waals surface area contributed by atoms with Crippen molar-refractivity contribution in [1.29, 1.82) is 0 Å². The van der Waals surface area contributed by atoms with Crippen LogP contribution < -0.4 is 5.73 Å². The van der Waals surface area contributed by atoms with Gasteiger partial charge < -0.3 is 10.6 Å². The minimum atomic E-state index is -0.701. The fraction of sp³-hybridized carbons (Fsp3) is 0.818. The second-order valence-electron chi connectivity index (χ2n) is 4.69. The summed E-state index contributed by atoms with van der Waals surface area (Å²) in [6, 6.07) is 0.381. The molecule has 0 saturated carbocycles. The van der Waals surface area contributed by atoms with Gasteiger partial charge in [-0.25, -0.2) is 0 Å². The van der Waals surface area contributed by atoms with Gasteiger partial charge in [0, 0.05) is 12.6 Å². The van der Waals surface area contributed by atoms with E-state index in [2.05, 4.69) is 6.92 Å². The van der Waals surface area contributed by atoms with E-state index in [1.807, 2.05) is 18.7 Å². The molecule has 86 valence electrons.